The van der Waals surface area contributed by atoms with Crippen LogP contribution in [0.5, 0.6) is 0 Å². The molecular formula is C7H13N4+. The molecular weight excluding hydrogens is 140 g/mol. The van der Waals surface area contributed by atoms with Crippen molar-refractivity contribution in [3.05, 3.63) is 12.4 Å². The fraction of sp³-hybridized carbons (Fsp3) is 0.714. The first kappa shape index (κ1) is 6.79. The average Bonchev–Trinajstić information content (AvgIpc) is 2.58. The Morgan fingerprint density at radius 1 is 1.45 bits per heavy atom. The van der Waals surface area contributed by atoms with Crippen LogP contribution in [-0.4, -0.2) is 23.0 Å². The van der Waals surface area contributed by atoms with Gasteiger partial charge in [0.05, 0.1) is 0 Å². The molecule has 0 atom stereocenters. The Bertz CT molecular complexity index is 200. The zero-order chi connectivity index (χ0) is 7.52. The van der Waals surface area contributed by atoms with E-state index in [0.717, 1.165) is 13.1 Å². The first-order valence-corrected chi connectivity index (χ1v) is 4.09. The highest BCUT2D eigenvalue weighted by Gasteiger charge is 2.18. The highest BCUT2D eigenvalue weighted by Crippen LogP contribution is 2.13. The van der Waals surface area contributed by atoms with Crippen LogP contribution in [0.25, 0.3) is 0 Å². The molecule has 2 N–H and O–H groups in total. The normalized spacial score (nSPS) is 20.4. The van der Waals surface area contributed by atoms with Crippen LogP contribution in [0.15, 0.2) is 12.4 Å². The van der Waals surface area contributed by atoms with Gasteiger partial charge < -0.3 is 5.32 Å². The third-order valence-electron chi connectivity index (χ3n) is 2.13. The van der Waals surface area contributed by atoms with E-state index in [1.54, 1.807) is 6.20 Å². The van der Waals surface area contributed by atoms with Gasteiger partial charge in [0.1, 0.15) is 6.04 Å². The van der Waals surface area contributed by atoms with Gasteiger partial charge in [0.15, 0.2) is 6.20 Å². The average molecular weight is 153 g/mol. The summed E-state index contributed by atoms with van der Waals surface area (Å²) in [6.45, 7) is 2.22. The predicted molar refractivity (Wildman–Crippen MR) is 39.9 cm³/mol. The fourth-order valence-corrected chi connectivity index (χ4v) is 1.50. The zero-order valence-electron chi connectivity index (χ0n) is 6.45. The standard InChI is InChI=1S/C7H12N4/c1-3-8-4-2-7(1)11-9-5-6-10-11/h5-8H,1-4H2/p+1. The number of nitrogens with one attached hydrogen (secondary N) is 2. The summed E-state index contributed by atoms with van der Waals surface area (Å²) >= 11 is 0. The van der Waals surface area contributed by atoms with Gasteiger partial charge in [0, 0.05) is 5.10 Å². The second-order valence-electron chi connectivity index (χ2n) is 2.89. The highest BCUT2D eigenvalue weighted by molar-refractivity contribution is 4.69. The molecule has 0 bridgehead atoms. The third-order valence-corrected chi connectivity index (χ3v) is 2.13. The molecule has 0 unspecified atom stereocenters. The maximum Gasteiger partial charge on any atom is 0.206 e. The Kier molecular flexibility index (Phi) is 1.85. The lowest BCUT2D eigenvalue weighted by molar-refractivity contribution is -0.503. The van der Waals surface area contributed by atoms with Gasteiger partial charge in [-0.2, -0.15) is 5.10 Å². The van der Waals surface area contributed by atoms with Gasteiger partial charge in [-0.3, -0.25) is 0 Å². The van der Waals surface area contributed by atoms with E-state index in [1.807, 2.05) is 11.0 Å². The molecule has 1 aromatic heterocycles. The van der Waals surface area contributed by atoms with Gasteiger partial charge in [0.2, 0.25) is 6.20 Å². The molecule has 0 aromatic carbocycles. The first-order valence-electron chi connectivity index (χ1n) is 4.09. The lowest BCUT2D eigenvalue weighted by Gasteiger charge is -2.18. The monoisotopic (exact) mass is 153 g/mol. The summed E-state index contributed by atoms with van der Waals surface area (Å²) < 4.78 is 0. The molecule has 11 heavy (non-hydrogen) atoms. The number of nitrogens with zero attached hydrogens (tertiary/aromatic N) is 2. The quantitative estimate of drug-likeness (QED) is 0.598. The van der Waals surface area contributed by atoms with Crippen molar-refractivity contribution in [2.75, 3.05) is 13.1 Å². The summed E-state index contributed by atoms with van der Waals surface area (Å²) in [5.41, 5.74) is 0. The van der Waals surface area contributed by atoms with Crippen molar-refractivity contribution in [3.63, 3.8) is 0 Å². The largest absolute Gasteiger partial charge is 0.317 e. The number of hydrogen-bond donors (Lipinski definition) is 1. The van der Waals surface area contributed by atoms with Crippen molar-refractivity contribution in [3.8, 4) is 0 Å². The molecule has 1 saturated heterocycles. The number of hydrogen-bond acceptors (Lipinski definition) is 2. The Morgan fingerprint density at radius 2 is 2.27 bits per heavy atom. The highest BCUT2D eigenvalue weighted by atomic mass is 15.5. The van der Waals surface area contributed by atoms with E-state index in [-0.39, 0.29) is 0 Å². The number of piperidine rings is 1. The summed E-state index contributed by atoms with van der Waals surface area (Å²) in [4.78, 5) is 1.95. The van der Waals surface area contributed by atoms with Crippen molar-refractivity contribution in [1.29, 1.82) is 0 Å². The van der Waals surface area contributed by atoms with Gasteiger partial charge in [-0.1, -0.05) is 0 Å². The van der Waals surface area contributed by atoms with Crippen LogP contribution >= 0.6 is 0 Å². The summed E-state index contributed by atoms with van der Waals surface area (Å²) in [6, 6.07) is 0.575. The molecule has 2 heterocycles. The zero-order valence-corrected chi connectivity index (χ0v) is 6.45. The summed E-state index contributed by atoms with van der Waals surface area (Å²) in [5, 5.41) is 10.6. The van der Waals surface area contributed by atoms with Gasteiger partial charge in [0.25, 0.3) is 0 Å². The number of H-pyrrole nitrogens is 1. The van der Waals surface area contributed by atoms with Crippen molar-refractivity contribution in [1.82, 2.24) is 15.2 Å². The smallest absolute Gasteiger partial charge is 0.206 e. The molecule has 0 saturated carbocycles. The number of aromatic amines is 1. The van der Waals surface area contributed by atoms with E-state index in [2.05, 4.69) is 15.5 Å². The van der Waals surface area contributed by atoms with Crippen LogP contribution in [0.4, 0.5) is 0 Å². The van der Waals surface area contributed by atoms with E-state index in [9.17, 15) is 0 Å². The van der Waals surface area contributed by atoms with E-state index in [4.69, 9.17) is 0 Å². The number of rotatable bonds is 1. The third kappa shape index (κ3) is 1.40. The van der Waals surface area contributed by atoms with Crippen LogP contribution in [0.2, 0.25) is 0 Å². The Balaban J connectivity index is 2.04. The molecule has 0 spiro atoms. The molecule has 0 radical (unpaired) electrons. The minimum atomic E-state index is 0.575. The van der Waals surface area contributed by atoms with Crippen LogP contribution in [0.3, 0.4) is 0 Å². The minimum absolute atomic E-state index is 0.575. The Morgan fingerprint density at radius 3 is 2.91 bits per heavy atom. The number of aromatic nitrogens is 3. The van der Waals surface area contributed by atoms with E-state index >= 15 is 0 Å². The molecule has 2 rings (SSSR count). The first-order chi connectivity index (χ1) is 5.47. The topological polar surface area (TPSA) is 44.0 Å². The summed E-state index contributed by atoms with van der Waals surface area (Å²) in [5.74, 6) is 0. The molecule has 60 valence electrons. The maximum absolute atomic E-state index is 4.17. The molecule has 1 fully saturated rings. The van der Waals surface area contributed by atoms with Crippen molar-refractivity contribution < 1.29 is 5.10 Å². The van der Waals surface area contributed by atoms with Crippen LogP contribution in [0, 0.1) is 0 Å². The molecule has 0 aliphatic carbocycles. The molecule has 0 amide bonds. The second kappa shape index (κ2) is 3.00. The van der Waals surface area contributed by atoms with E-state index in [0.29, 0.717) is 6.04 Å². The lowest BCUT2D eigenvalue weighted by Crippen LogP contribution is -2.34. The molecule has 1 aliphatic heterocycles. The van der Waals surface area contributed by atoms with Crippen LogP contribution in [0.1, 0.15) is 18.9 Å². The van der Waals surface area contributed by atoms with E-state index in [1.165, 1.54) is 12.8 Å². The fourth-order valence-electron chi connectivity index (χ4n) is 1.50. The lowest BCUT2D eigenvalue weighted by atomic mass is 10.1. The predicted octanol–water partition coefficient (Wildman–Crippen LogP) is -0.378. The van der Waals surface area contributed by atoms with Gasteiger partial charge >= 0.3 is 0 Å². The van der Waals surface area contributed by atoms with Crippen molar-refractivity contribution in [2.24, 2.45) is 0 Å². The van der Waals surface area contributed by atoms with Crippen molar-refractivity contribution >= 4 is 0 Å². The summed E-state index contributed by atoms with van der Waals surface area (Å²) in [7, 11) is 0. The molecule has 4 heteroatoms. The van der Waals surface area contributed by atoms with Crippen molar-refractivity contribution in [2.45, 2.75) is 18.9 Å². The Labute approximate surface area is 65.6 Å². The second-order valence-corrected chi connectivity index (χ2v) is 2.89. The SMILES string of the molecule is c1c[nH+]n(C2CCNCC2)n1. The molecule has 1 aromatic rings. The maximum atomic E-state index is 4.17. The minimum Gasteiger partial charge on any atom is -0.317 e. The molecule has 1 aliphatic rings. The van der Waals surface area contributed by atoms with Gasteiger partial charge in [-0.05, 0) is 30.7 Å². The molecule has 4 nitrogen and oxygen atoms in total. The van der Waals surface area contributed by atoms with Crippen LogP contribution < -0.4 is 10.4 Å². The summed E-state index contributed by atoms with van der Waals surface area (Å²) in [6.07, 6.45) is 6.01. The van der Waals surface area contributed by atoms with Gasteiger partial charge in [-0.15, -0.1) is 0 Å². The Hall–Kier alpha value is -0.900. The van der Waals surface area contributed by atoms with E-state index < -0.39 is 0 Å². The van der Waals surface area contributed by atoms with Gasteiger partial charge in [-0.25, -0.2) is 0 Å². The van der Waals surface area contributed by atoms with Crippen LogP contribution in [-0.2, 0) is 0 Å².